The van der Waals surface area contributed by atoms with Crippen molar-refractivity contribution in [2.75, 3.05) is 23.3 Å². The Bertz CT molecular complexity index is 355. The Morgan fingerprint density at radius 3 is 2.59 bits per heavy atom. The van der Waals surface area contributed by atoms with Gasteiger partial charge < -0.3 is 4.90 Å². The third-order valence-electron chi connectivity index (χ3n) is 2.29. The van der Waals surface area contributed by atoms with E-state index < -0.39 is 11.9 Å². The van der Waals surface area contributed by atoms with Gasteiger partial charge in [0.25, 0.3) is 0 Å². The average Bonchev–Trinajstić information content (AvgIpc) is 2.29. The second kappa shape index (κ2) is 6.23. The lowest BCUT2D eigenvalue weighted by Crippen LogP contribution is -2.26. The predicted molar refractivity (Wildman–Crippen MR) is 65.5 cm³/mol. The summed E-state index contributed by atoms with van der Waals surface area (Å²) in [6.45, 7) is 3.23. The number of rotatable bonds is 5. The molecule has 1 aromatic heterocycles. The summed E-state index contributed by atoms with van der Waals surface area (Å²) in [5.41, 5.74) is -0.840. The number of pyridine rings is 1. The van der Waals surface area contributed by atoms with Gasteiger partial charge in [0.1, 0.15) is 11.5 Å². The van der Waals surface area contributed by atoms with Gasteiger partial charge in [0.2, 0.25) is 0 Å². The summed E-state index contributed by atoms with van der Waals surface area (Å²) < 4.78 is 37.5. The van der Waals surface area contributed by atoms with Crippen molar-refractivity contribution in [1.29, 1.82) is 0 Å². The van der Waals surface area contributed by atoms with Crippen LogP contribution < -0.4 is 4.90 Å². The maximum absolute atomic E-state index is 12.5. The smallest absolute Gasteiger partial charge is 0.357 e. The van der Waals surface area contributed by atoms with Crippen LogP contribution in [0, 0.1) is 0 Å². The van der Waals surface area contributed by atoms with Crippen molar-refractivity contribution < 1.29 is 13.2 Å². The summed E-state index contributed by atoms with van der Waals surface area (Å²) in [6, 6.07) is 3.98. The number of halogens is 4. The van der Waals surface area contributed by atoms with Gasteiger partial charge in [-0.3, -0.25) is 0 Å². The minimum Gasteiger partial charge on any atom is -0.357 e. The van der Waals surface area contributed by atoms with Crippen molar-refractivity contribution in [3.05, 3.63) is 23.9 Å². The van der Waals surface area contributed by atoms with Crippen LogP contribution in [0.2, 0.25) is 0 Å². The van der Waals surface area contributed by atoms with Gasteiger partial charge in [0, 0.05) is 18.4 Å². The van der Waals surface area contributed by atoms with Crippen molar-refractivity contribution in [1.82, 2.24) is 4.98 Å². The fraction of sp³-hybridized carbons (Fsp3) is 0.545. The summed E-state index contributed by atoms with van der Waals surface area (Å²) in [7, 11) is 0. The number of hydrogen-bond acceptors (Lipinski definition) is 2. The highest BCUT2D eigenvalue weighted by atomic mass is 79.9. The molecule has 1 aromatic rings. The maximum atomic E-state index is 12.5. The molecule has 0 saturated carbocycles. The van der Waals surface area contributed by atoms with Gasteiger partial charge in [-0.1, -0.05) is 22.0 Å². The maximum Gasteiger partial charge on any atom is 0.433 e. The monoisotopic (exact) mass is 310 g/mol. The average molecular weight is 311 g/mol. The molecule has 0 atom stereocenters. The quantitative estimate of drug-likeness (QED) is 0.771. The van der Waals surface area contributed by atoms with Gasteiger partial charge >= 0.3 is 6.18 Å². The molecule has 0 aliphatic rings. The minimum atomic E-state index is -4.38. The highest BCUT2D eigenvalue weighted by molar-refractivity contribution is 9.09. The number of anilines is 1. The first-order valence-electron chi connectivity index (χ1n) is 5.34. The van der Waals surface area contributed by atoms with Crippen LogP contribution >= 0.6 is 15.9 Å². The number of hydrogen-bond donors (Lipinski definition) is 0. The van der Waals surface area contributed by atoms with Gasteiger partial charge in [-0.25, -0.2) is 4.98 Å². The van der Waals surface area contributed by atoms with E-state index in [1.54, 1.807) is 6.07 Å². The van der Waals surface area contributed by atoms with E-state index in [9.17, 15) is 13.2 Å². The van der Waals surface area contributed by atoms with Crippen LogP contribution in [0.5, 0.6) is 0 Å². The van der Waals surface area contributed by atoms with E-state index in [-0.39, 0.29) is 0 Å². The summed E-state index contributed by atoms with van der Waals surface area (Å²) in [6.07, 6.45) is -3.52. The van der Waals surface area contributed by atoms with Crippen molar-refractivity contribution in [2.45, 2.75) is 19.5 Å². The largest absolute Gasteiger partial charge is 0.433 e. The summed E-state index contributed by atoms with van der Waals surface area (Å²) in [5, 5.41) is 0.822. The normalized spacial score (nSPS) is 11.6. The molecule has 1 rings (SSSR count). The molecule has 2 nitrogen and oxygen atoms in total. The number of alkyl halides is 4. The first-order chi connectivity index (χ1) is 7.99. The molecule has 0 aliphatic heterocycles. The predicted octanol–water partition coefficient (Wildman–Crippen LogP) is 3.71. The topological polar surface area (TPSA) is 16.1 Å². The SMILES string of the molecule is CCN(CCCBr)c1cccc(C(F)(F)F)n1. The lowest BCUT2D eigenvalue weighted by atomic mass is 10.3. The molecule has 0 unspecified atom stereocenters. The zero-order chi connectivity index (χ0) is 12.9. The molecular weight excluding hydrogens is 297 g/mol. The summed E-state index contributed by atoms with van der Waals surface area (Å²) >= 11 is 3.30. The van der Waals surface area contributed by atoms with Gasteiger partial charge in [-0.2, -0.15) is 13.2 Å². The lowest BCUT2D eigenvalue weighted by Gasteiger charge is -2.22. The minimum absolute atomic E-state index is 0.378. The van der Waals surface area contributed by atoms with Crippen molar-refractivity contribution >= 4 is 21.7 Å². The van der Waals surface area contributed by atoms with Crippen LogP contribution in [-0.4, -0.2) is 23.4 Å². The molecule has 0 fully saturated rings. The molecular formula is C11H14BrF3N2. The van der Waals surface area contributed by atoms with E-state index in [2.05, 4.69) is 20.9 Å². The van der Waals surface area contributed by atoms with E-state index in [4.69, 9.17) is 0 Å². The highest BCUT2D eigenvalue weighted by Gasteiger charge is 2.32. The fourth-order valence-electron chi connectivity index (χ4n) is 1.44. The van der Waals surface area contributed by atoms with Crippen molar-refractivity contribution in [3.63, 3.8) is 0 Å². The fourth-order valence-corrected chi connectivity index (χ4v) is 1.69. The van der Waals surface area contributed by atoms with Crippen LogP contribution in [0.25, 0.3) is 0 Å². The molecule has 1 heterocycles. The van der Waals surface area contributed by atoms with Crippen LogP contribution in [0.1, 0.15) is 19.0 Å². The Kier molecular flexibility index (Phi) is 5.24. The molecule has 0 radical (unpaired) electrons. The molecule has 6 heteroatoms. The molecule has 0 aliphatic carbocycles. The van der Waals surface area contributed by atoms with Crippen LogP contribution in [0.3, 0.4) is 0 Å². The summed E-state index contributed by atoms with van der Waals surface area (Å²) in [5.74, 6) is 0.378. The van der Waals surface area contributed by atoms with Gasteiger partial charge in [-0.15, -0.1) is 0 Å². The van der Waals surface area contributed by atoms with E-state index in [0.29, 0.717) is 18.9 Å². The van der Waals surface area contributed by atoms with Crippen molar-refractivity contribution in [3.8, 4) is 0 Å². The third-order valence-corrected chi connectivity index (χ3v) is 2.85. The third kappa shape index (κ3) is 4.18. The molecule has 0 N–H and O–H groups in total. The Morgan fingerprint density at radius 2 is 2.06 bits per heavy atom. The zero-order valence-electron chi connectivity index (χ0n) is 9.47. The second-order valence-corrected chi connectivity index (χ2v) is 4.29. The van der Waals surface area contributed by atoms with Gasteiger partial charge in [0.05, 0.1) is 0 Å². The molecule has 0 aromatic carbocycles. The zero-order valence-corrected chi connectivity index (χ0v) is 11.1. The lowest BCUT2D eigenvalue weighted by molar-refractivity contribution is -0.141. The molecule has 0 bridgehead atoms. The van der Waals surface area contributed by atoms with E-state index >= 15 is 0 Å². The van der Waals surface area contributed by atoms with Crippen LogP contribution in [-0.2, 0) is 6.18 Å². The standard InChI is InChI=1S/C11H14BrF3N2/c1-2-17(8-4-7-12)10-6-3-5-9(16-10)11(13,14)15/h3,5-6H,2,4,7-8H2,1H3. The van der Waals surface area contributed by atoms with E-state index in [1.165, 1.54) is 6.07 Å². The van der Waals surface area contributed by atoms with Crippen LogP contribution in [0.4, 0.5) is 19.0 Å². The van der Waals surface area contributed by atoms with Crippen LogP contribution in [0.15, 0.2) is 18.2 Å². The van der Waals surface area contributed by atoms with E-state index in [0.717, 1.165) is 17.8 Å². The number of nitrogens with zero attached hydrogens (tertiary/aromatic N) is 2. The molecule has 17 heavy (non-hydrogen) atoms. The Hall–Kier alpha value is -0.780. The van der Waals surface area contributed by atoms with E-state index in [1.807, 2.05) is 11.8 Å². The van der Waals surface area contributed by atoms with Gasteiger partial charge in [-0.05, 0) is 25.5 Å². The Morgan fingerprint density at radius 1 is 1.35 bits per heavy atom. The molecule has 0 saturated heterocycles. The highest BCUT2D eigenvalue weighted by Crippen LogP contribution is 2.28. The van der Waals surface area contributed by atoms with Gasteiger partial charge in [0.15, 0.2) is 0 Å². The molecule has 96 valence electrons. The molecule has 0 amide bonds. The first kappa shape index (κ1) is 14.3. The molecule has 0 spiro atoms. The number of aromatic nitrogens is 1. The second-order valence-electron chi connectivity index (χ2n) is 3.50. The Balaban J connectivity index is 2.89. The first-order valence-corrected chi connectivity index (χ1v) is 6.46. The van der Waals surface area contributed by atoms with Crippen molar-refractivity contribution in [2.24, 2.45) is 0 Å². The summed E-state index contributed by atoms with van der Waals surface area (Å²) in [4.78, 5) is 5.48. The Labute approximate surface area is 107 Å².